The van der Waals surface area contributed by atoms with Gasteiger partial charge in [-0.1, -0.05) is 18.2 Å². The van der Waals surface area contributed by atoms with E-state index < -0.39 is 10.8 Å². The fraction of sp³-hybridized carbons (Fsp3) is 0.222. The number of nitrogens with zero attached hydrogens (tertiary/aromatic N) is 1. The van der Waals surface area contributed by atoms with Gasteiger partial charge in [0.05, 0.1) is 16.4 Å². The molecule has 0 spiro atoms. The van der Waals surface area contributed by atoms with Gasteiger partial charge in [-0.15, -0.1) is 11.8 Å². The molecule has 0 saturated heterocycles. The van der Waals surface area contributed by atoms with Gasteiger partial charge in [-0.3, -0.25) is 19.7 Å². The number of nitrogens with one attached hydrogen (secondary N) is 2. The summed E-state index contributed by atoms with van der Waals surface area (Å²) < 4.78 is 0. The fourth-order valence-electron chi connectivity index (χ4n) is 2.43. The molecular formula is C18H19N3O4S. The number of carbonyl (C=O) groups is 2. The molecule has 0 radical (unpaired) electrons. The first-order chi connectivity index (χ1) is 12.3. The zero-order valence-electron chi connectivity index (χ0n) is 14.7. The third-order valence-corrected chi connectivity index (χ3v) is 4.58. The number of nitro groups is 1. The topological polar surface area (TPSA) is 101 Å². The lowest BCUT2D eigenvalue weighted by Crippen LogP contribution is -2.33. The number of carbonyl (C=O) groups excluding carboxylic acids is 2. The summed E-state index contributed by atoms with van der Waals surface area (Å²) in [6, 6.07) is 9.89. The van der Waals surface area contributed by atoms with Gasteiger partial charge in [0.2, 0.25) is 5.91 Å². The Morgan fingerprint density at radius 2 is 1.81 bits per heavy atom. The molecule has 26 heavy (non-hydrogen) atoms. The second-order valence-corrected chi connectivity index (χ2v) is 6.49. The molecule has 2 rings (SSSR count). The average Bonchev–Trinajstić information content (AvgIpc) is 2.62. The number of aryl methyl sites for hydroxylation is 2. The zero-order chi connectivity index (χ0) is 19.3. The van der Waals surface area contributed by atoms with E-state index in [1.807, 2.05) is 32.0 Å². The molecule has 0 saturated carbocycles. The summed E-state index contributed by atoms with van der Waals surface area (Å²) in [6.07, 6.45) is 1.72. The van der Waals surface area contributed by atoms with Crippen LogP contribution in [0.25, 0.3) is 0 Å². The van der Waals surface area contributed by atoms with Gasteiger partial charge in [-0.05, 0) is 43.4 Å². The maximum Gasteiger partial charge on any atom is 0.283 e. The Labute approximate surface area is 155 Å². The Kier molecular flexibility index (Phi) is 6.35. The maximum atomic E-state index is 12.2. The Balaban J connectivity index is 2.03. The molecule has 0 atom stereocenters. The van der Waals surface area contributed by atoms with E-state index in [-0.39, 0.29) is 23.7 Å². The summed E-state index contributed by atoms with van der Waals surface area (Å²) in [5.74, 6) is -0.914. The number of benzene rings is 2. The van der Waals surface area contributed by atoms with Crippen molar-refractivity contribution < 1.29 is 14.5 Å². The third kappa shape index (κ3) is 4.60. The van der Waals surface area contributed by atoms with Crippen LogP contribution in [0.4, 0.5) is 11.4 Å². The van der Waals surface area contributed by atoms with Crippen molar-refractivity contribution in [2.45, 2.75) is 18.7 Å². The highest BCUT2D eigenvalue weighted by atomic mass is 32.2. The van der Waals surface area contributed by atoms with E-state index in [0.717, 1.165) is 11.1 Å². The summed E-state index contributed by atoms with van der Waals surface area (Å²) in [7, 11) is 0. The predicted molar refractivity (Wildman–Crippen MR) is 102 cm³/mol. The van der Waals surface area contributed by atoms with Gasteiger partial charge in [0.15, 0.2) is 0 Å². The number of anilines is 1. The predicted octanol–water partition coefficient (Wildman–Crippen LogP) is 3.30. The highest BCUT2D eigenvalue weighted by Crippen LogP contribution is 2.28. The molecule has 2 aromatic carbocycles. The van der Waals surface area contributed by atoms with E-state index in [1.54, 1.807) is 6.26 Å². The van der Waals surface area contributed by atoms with Crippen molar-refractivity contribution in [2.75, 3.05) is 18.1 Å². The molecule has 0 aromatic heterocycles. The number of hydrogen-bond donors (Lipinski definition) is 2. The molecule has 0 unspecified atom stereocenters. The smallest absolute Gasteiger partial charge is 0.283 e. The minimum absolute atomic E-state index is 0.134. The van der Waals surface area contributed by atoms with Crippen LogP contribution in [-0.2, 0) is 4.79 Å². The van der Waals surface area contributed by atoms with Crippen molar-refractivity contribution in [2.24, 2.45) is 0 Å². The number of hydrogen-bond acceptors (Lipinski definition) is 5. The van der Waals surface area contributed by atoms with Crippen molar-refractivity contribution in [1.82, 2.24) is 5.32 Å². The quantitative estimate of drug-likeness (QED) is 0.460. The monoisotopic (exact) mass is 373 g/mol. The Morgan fingerprint density at radius 3 is 2.38 bits per heavy atom. The van der Waals surface area contributed by atoms with Gasteiger partial charge in [0.1, 0.15) is 0 Å². The molecule has 0 fully saturated rings. The molecule has 0 bridgehead atoms. The van der Waals surface area contributed by atoms with E-state index in [4.69, 9.17) is 0 Å². The van der Waals surface area contributed by atoms with Crippen LogP contribution >= 0.6 is 11.8 Å². The number of nitro benzene ring substituents is 1. The lowest BCUT2D eigenvalue weighted by molar-refractivity contribution is -0.387. The van der Waals surface area contributed by atoms with Crippen LogP contribution in [0.2, 0.25) is 0 Å². The number of amides is 2. The van der Waals surface area contributed by atoms with Gasteiger partial charge in [-0.2, -0.15) is 0 Å². The van der Waals surface area contributed by atoms with Crippen molar-refractivity contribution in [1.29, 1.82) is 0 Å². The number of para-hydroxylation sites is 1. The molecule has 2 amide bonds. The lowest BCUT2D eigenvalue weighted by Gasteiger charge is -2.12. The molecule has 8 heteroatoms. The van der Waals surface area contributed by atoms with Crippen molar-refractivity contribution in [3.63, 3.8) is 0 Å². The SMILES string of the molecule is CSc1ccc(C(=O)NCC(=O)Nc2c(C)cccc2C)cc1[N+](=O)[O-]. The largest absolute Gasteiger partial charge is 0.343 e. The Hall–Kier alpha value is -2.87. The molecule has 7 nitrogen and oxygen atoms in total. The van der Waals surface area contributed by atoms with Gasteiger partial charge in [-0.25, -0.2) is 0 Å². The molecule has 0 aliphatic heterocycles. The van der Waals surface area contributed by atoms with Gasteiger partial charge < -0.3 is 10.6 Å². The Morgan fingerprint density at radius 1 is 1.15 bits per heavy atom. The number of rotatable bonds is 6. The van der Waals surface area contributed by atoms with E-state index in [2.05, 4.69) is 10.6 Å². The zero-order valence-corrected chi connectivity index (χ0v) is 15.5. The summed E-state index contributed by atoms with van der Waals surface area (Å²) in [6.45, 7) is 3.53. The normalized spacial score (nSPS) is 10.3. The van der Waals surface area contributed by atoms with E-state index in [1.165, 1.54) is 30.0 Å². The summed E-state index contributed by atoms with van der Waals surface area (Å²) in [5.41, 5.74) is 2.56. The second-order valence-electron chi connectivity index (χ2n) is 5.64. The van der Waals surface area contributed by atoms with Crippen LogP contribution < -0.4 is 10.6 Å². The molecule has 0 heterocycles. The van der Waals surface area contributed by atoms with Crippen LogP contribution in [0, 0.1) is 24.0 Å². The molecule has 2 N–H and O–H groups in total. The molecule has 2 aromatic rings. The first-order valence-electron chi connectivity index (χ1n) is 7.80. The summed E-state index contributed by atoms with van der Waals surface area (Å²) >= 11 is 1.23. The summed E-state index contributed by atoms with van der Waals surface area (Å²) in [5, 5.41) is 16.3. The van der Waals surface area contributed by atoms with Gasteiger partial charge in [0.25, 0.3) is 11.6 Å². The van der Waals surface area contributed by atoms with Crippen LogP contribution in [0.15, 0.2) is 41.3 Å². The first kappa shape index (κ1) is 19.5. The number of thioether (sulfide) groups is 1. The minimum Gasteiger partial charge on any atom is -0.343 e. The molecule has 136 valence electrons. The van der Waals surface area contributed by atoms with E-state index in [0.29, 0.717) is 10.6 Å². The molecule has 0 aliphatic carbocycles. The highest BCUT2D eigenvalue weighted by molar-refractivity contribution is 7.98. The Bertz CT molecular complexity index is 847. The van der Waals surface area contributed by atoms with Crippen LogP contribution in [0.1, 0.15) is 21.5 Å². The van der Waals surface area contributed by atoms with Crippen molar-refractivity contribution in [3.05, 3.63) is 63.2 Å². The maximum absolute atomic E-state index is 12.2. The average molecular weight is 373 g/mol. The van der Waals surface area contributed by atoms with Crippen LogP contribution in [0.3, 0.4) is 0 Å². The van der Waals surface area contributed by atoms with Crippen LogP contribution in [-0.4, -0.2) is 29.5 Å². The third-order valence-electron chi connectivity index (χ3n) is 3.79. The van der Waals surface area contributed by atoms with Gasteiger partial charge in [0, 0.05) is 17.3 Å². The standard InChI is InChI=1S/C18H19N3O4S/c1-11-5-4-6-12(2)17(11)20-16(22)10-19-18(23)13-7-8-15(26-3)14(9-13)21(24)25/h4-9H,10H2,1-3H3,(H,19,23)(H,20,22). The first-order valence-corrected chi connectivity index (χ1v) is 9.02. The minimum atomic E-state index is -0.544. The molecule has 0 aliphatic rings. The van der Waals surface area contributed by atoms with Crippen molar-refractivity contribution in [3.8, 4) is 0 Å². The fourth-order valence-corrected chi connectivity index (χ4v) is 2.98. The van der Waals surface area contributed by atoms with E-state index in [9.17, 15) is 19.7 Å². The highest BCUT2D eigenvalue weighted by Gasteiger charge is 2.17. The molecular weight excluding hydrogens is 354 g/mol. The second kappa shape index (κ2) is 8.48. The van der Waals surface area contributed by atoms with Crippen LogP contribution in [0.5, 0.6) is 0 Å². The summed E-state index contributed by atoms with van der Waals surface area (Å²) in [4.78, 5) is 35.3. The van der Waals surface area contributed by atoms with Gasteiger partial charge >= 0.3 is 0 Å². The lowest BCUT2D eigenvalue weighted by atomic mass is 10.1. The van der Waals surface area contributed by atoms with Crippen molar-refractivity contribution >= 4 is 35.0 Å². The van der Waals surface area contributed by atoms with E-state index >= 15 is 0 Å².